The Labute approximate surface area is 291 Å². The molecule has 0 bridgehead atoms. The lowest BCUT2D eigenvalue weighted by Crippen LogP contribution is -2.28. The number of para-hydroxylation sites is 1. The van der Waals surface area contributed by atoms with Crippen molar-refractivity contribution in [3.63, 3.8) is 0 Å². The van der Waals surface area contributed by atoms with E-state index in [1.165, 1.54) is 24.3 Å². The van der Waals surface area contributed by atoms with Gasteiger partial charge in [0.25, 0.3) is 5.69 Å². The fraction of sp³-hybridized carbons (Fsp3) is 0.485. The lowest BCUT2D eigenvalue weighted by atomic mass is 10.1. The van der Waals surface area contributed by atoms with E-state index in [1.54, 1.807) is 12.1 Å². The summed E-state index contributed by atoms with van der Waals surface area (Å²) < 4.78 is 42.9. The van der Waals surface area contributed by atoms with Crippen LogP contribution >= 0.6 is 0 Å². The van der Waals surface area contributed by atoms with Gasteiger partial charge in [-0.2, -0.15) is 0 Å². The number of sulfonamides is 1. The maximum Gasteiger partial charge on any atom is 0.306 e. The van der Waals surface area contributed by atoms with Gasteiger partial charge in [0.1, 0.15) is 23.7 Å². The summed E-state index contributed by atoms with van der Waals surface area (Å²) >= 11 is 0. The Morgan fingerprint density at radius 3 is 1.76 bits per heavy atom. The number of aromatic nitrogens is 2. The van der Waals surface area contributed by atoms with E-state index in [4.69, 9.17) is 34.6 Å². The van der Waals surface area contributed by atoms with Gasteiger partial charge in [-0.05, 0) is 39.7 Å². The lowest BCUT2D eigenvalue weighted by molar-refractivity contribution is -0.387. The number of carbonyl (C=O) groups excluding carboxylic acids is 1. The number of esters is 1. The first kappa shape index (κ1) is 41.9. The molecule has 2 heterocycles. The van der Waals surface area contributed by atoms with Crippen LogP contribution in [0.5, 0.6) is 11.5 Å². The van der Waals surface area contributed by atoms with Crippen LogP contribution in [0, 0.1) is 10.1 Å². The summed E-state index contributed by atoms with van der Waals surface area (Å²) in [5.74, 6) is 0.758. The van der Waals surface area contributed by atoms with E-state index in [0.717, 1.165) is 37.8 Å². The molecule has 0 unspecified atom stereocenters. The van der Waals surface area contributed by atoms with Crippen LogP contribution in [0.3, 0.4) is 0 Å². The number of aliphatic hydroxyl groups is 4. The molecule has 0 aliphatic heterocycles. The number of nitro groups is 1. The Morgan fingerprint density at radius 1 is 0.800 bits per heavy atom. The van der Waals surface area contributed by atoms with Crippen LogP contribution in [0.15, 0.2) is 53.4 Å². The number of nitrogens with zero attached hydrogens (tertiary/aromatic N) is 3. The molecule has 3 aromatic rings. The average molecular weight is 723 g/mol. The van der Waals surface area contributed by atoms with Crippen LogP contribution in [0.1, 0.15) is 75.7 Å². The number of unbranched alkanes of at least 4 members (excludes halogenated alkanes) is 3. The number of ether oxygens (including phenoxy) is 3. The number of rotatable bonds is 19. The molecule has 0 radical (unpaired) electrons. The van der Waals surface area contributed by atoms with Crippen LogP contribution in [0.2, 0.25) is 0 Å². The van der Waals surface area contributed by atoms with Crippen molar-refractivity contribution in [3.05, 3.63) is 81.4 Å². The van der Waals surface area contributed by atoms with Crippen LogP contribution < -0.4 is 14.2 Å². The first-order valence-corrected chi connectivity index (χ1v) is 17.3. The van der Waals surface area contributed by atoms with Crippen LogP contribution in [0.25, 0.3) is 0 Å². The Morgan fingerprint density at radius 2 is 1.28 bits per heavy atom. The summed E-state index contributed by atoms with van der Waals surface area (Å²) in [6, 6.07) is 11.3. The molecule has 0 saturated carbocycles. The predicted octanol–water partition coefficient (Wildman–Crippen LogP) is 3.07. The second-order valence-electron chi connectivity index (χ2n) is 11.8. The Kier molecular flexibility index (Phi) is 17.7. The zero-order valence-corrected chi connectivity index (χ0v) is 29.2. The summed E-state index contributed by atoms with van der Waals surface area (Å²) in [6.45, 7) is 4.89. The van der Waals surface area contributed by atoms with Gasteiger partial charge in [0, 0.05) is 43.3 Å². The van der Waals surface area contributed by atoms with Gasteiger partial charge in [0.15, 0.2) is 4.90 Å². The molecule has 0 saturated heterocycles. The first-order chi connectivity index (χ1) is 23.7. The number of hydrogen-bond donors (Lipinski definition) is 5. The van der Waals surface area contributed by atoms with Crippen molar-refractivity contribution in [2.24, 2.45) is 0 Å². The molecule has 0 spiro atoms. The van der Waals surface area contributed by atoms with Gasteiger partial charge in [0.2, 0.25) is 10.0 Å². The summed E-state index contributed by atoms with van der Waals surface area (Å²) in [4.78, 5) is 29.3. The van der Waals surface area contributed by atoms with Crippen molar-refractivity contribution in [3.8, 4) is 11.5 Å². The van der Waals surface area contributed by atoms with Gasteiger partial charge in [-0.25, -0.2) is 13.1 Å². The fourth-order valence-electron chi connectivity index (χ4n) is 4.29. The molecule has 0 atom stereocenters. The summed E-state index contributed by atoms with van der Waals surface area (Å²) in [5, 5.41) is 47.4. The molecule has 1 aromatic carbocycles. The minimum Gasteiger partial charge on any atom is -0.493 e. The smallest absolute Gasteiger partial charge is 0.306 e. The minimum atomic E-state index is -4.08. The lowest BCUT2D eigenvalue weighted by Gasteiger charge is -2.19. The van der Waals surface area contributed by atoms with Crippen molar-refractivity contribution in [2.45, 2.75) is 89.8 Å². The Bertz CT molecular complexity index is 1590. The molecule has 0 aliphatic carbocycles. The number of benzene rings is 1. The van der Waals surface area contributed by atoms with Crippen LogP contribution in [0.4, 0.5) is 5.69 Å². The summed E-state index contributed by atoms with van der Waals surface area (Å²) in [7, 11) is -4.08. The van der Waals surface area contributed by atoms with E-state index in [-0.39, 0.29) is 45.5 Å². The Balaban J connectivity index is 0.000000348. The maximum atomic E-state index is 12.2. The zero-order valence-electron chi connectivity index (χ0n) is 28.4. The SMILES string of the molecule is CC(C)(C)OC(=O)CCCCCCOc1cc(CO)nc(CO)c1.O=[N+]([O-])c1ccccc1S(=O)(=O)NCCOc1cc(CO)nc(CO)c1. The van der Waals surface area contributed by atoms with Crippen molar-refractivity contribution < 1.29 is 52.8 Å². The van der Waals surface area contributed by atoms with Crippen LogP contribution in [-0.2, 0) is 46.0 Å². The number of nitro benzene ring substituents is 1. The molecule has 2 aromatic heterocycles. The largest absolute Gasteiger partial charge is 0.493 e. The number of carbonyl (C=O) groups is 1. The normalized spacial score (nSPS) is 11.3. The molecule has 5 N–H and O–H groups in total. The molecular formula is C33H46N4O12S. The van der Waals surface area contributed by atoms with Gasteiger partial charge in [-0.15, -0.1) is 0 Å². The number of aliphatic hydroxyl groups excluding tert-OH is 4. The highest BCUT2D eigenvalue weighted by Gasteiger charge is 2.24. The first-order valence-electron chi connectivity index (χ1n) is 15.8. The molecular weight excluding hydrogens is 676 g/mol. The molecule has 16 nitrogen and oxygen atoms in total. The van der Waals surface area contributed by atoms with Gasteiger partial charge < -0.3 is 34.6 Å². The van der Waals surface area contributed by atoms with E-state index in [1.807, 2.05) is 20.8 Å². The third-order valence-corrected chi connectivity index (χ3v) is 7.94. The monoisotopic (exact) mass is 722 g/mol. The summed E-state index contributed by atoms with van der Waals surface area (Å²) in [6.07, 6.45) is 4.05. The molecule has 3 rings (SSSR count). The van der Waals surface area contributed by atoms with Gasteiger partial charge in [-0.1, -0.05) is 25.0 Å². The van der Waals surface area contributed by atoms with E-state index < -0.39 is 31.1 Å². The van der Waals surface area contributed by atoms with Gasteiger partial charge in [-0.3, -0.25) is 24.9 Å². The molecule has 50 heavy (non-hydrogen) atoms. The second-order valence-corrected chi connectivity index (χ2v) is 13.5. The third-order valence-electron chi connectivity index (χ3n) is 6.44. The number of pyridine rings is 2. The van der Waals surface area contributed by atoms with Gasteiger partial charge >= 0.3 is 5.97 Å². The molecule has 17 heteroatoms. The molecule has 0 amide bonds. The molecule has 0 fully saturated rings. The van der Waals surface area contributed by atoms with E-state index in [0.29, 0.717) is 47.3 Å². The van der Waals surface area contributed by atoms with Crippen molar-refractivity contribution in [1.29, 1.82) is 0 Å². The van der Waals surface area contributed by atoms with Crippen molar-refractivity contribution >= 4 is 21.7 Å². The van der Waals surface area contributed by atoms with Crippen molar-refractivity contribution in [2.75, 3.05) is 19.8 Å². The average Bonchev–Trinajstić information content (AvgIpc) is 3.08. The van der Waals surface area contributed by atoms with E-state index in [2.05, 4.69) is 14.7 Å². The Hall–Kier alpha value is -4.26. The molecule has 0 aliphatic rings. The van der Waals surface area contributed by atoms with Gasteiger partial charge in [0.05, 0.1) is 60.7 Å². The highest BCUT2D eigenvalue weighted by Crippen LogP contribution is 2.23. The fourth-order valence-corrected chi connectivity index (χ4v) is 5.48. The maximum absolute atomic E-state index is 12.2. The topological polar surface area (TPSA) is 241 Å². The van der Waals surface area contributed by atoms with E-state index in [9.17, 15) is 23.3 Å². The third kappa shape index (κ3) is 15.5. The van der Waals surface area contributed by atoms with Crippen LogP contribution in [-0.4, -0.2) is 75.1 Å². The zero-order chi connectivity index (χ0) is 37.2. The van der Waals surface area contributed by atoms with E-state index >= 15 is 0 Å². The highest BCUT2D eigenvalue weighted by molar-refractivity contribution is 7.89. The predicted molar refractivity (Wildman–Crippen MR) is 180 cm³/mol. The quantitative estimate of drug-likeness (QED) is 0.0517. The number of nitrogens with one attached hydrogen (secondary N) is 1. The standard InChI is InChI=1S/C18H29NO5.C15H17N3O7S/c1-18(2,3)24-17(22)8-6-4-5-7-9-23-16-10-14(12-20)19-15(11-16)13-21;19-9-11-7-13(8-12(10-20)17-11)25-6-5-16-26(23,24)15-4-2-1-3-14(15)18(21)22/h10-11,20-21H,4-9,12-13H2,1-3H3;1-4,7-8,16,19-20H,5-6,9-10H2. The second kappa shape index (κ2) is 21.1. The summed E-state index contributed by atoms with van der Waals surface area (Å²) in [5.41, 5.74) is 0.619. The van der Waals surface area contributed by atoms with Crippen molar-refractivity contribution in [1.82, 2.24) is 14.7 Å². The number of hydrogen-bond acceptors (Lipinski definition) is 14. The highest BCUT2D eigenvalue weighted by atomic mass is 32.2. The molecule has 276 valence electrons. The minimum absolute atomic E-state index is 0.0698.